The second kappa shape index (κ2) is 9.38. The van der Waals surface area contributed by atoms with Crippen LogP contribution in [0.2, 0.25) is 0 Å². The van der Waals surface area contributed by atoms with Crippen LogP contribution in [-0.2, 0) is 16.1 Å². The number of amides is 3. The van der Waals surface area contributed by atoms with Crippen LogP contribution in [0, 0.1) is 5.92 Å². The van der Waals surface area contributed by atoms with Crippen molar-refractivity contribution >= 4 is 29.1 Å². The molecule has 1 aromatic heterocycles. The van der Waals surface area contributed by atoms with Gasteiger partial charge in [0, 0.05) is 25.2 Å². The Morgan fingerprint density at radius 1 is 1.09 bits per heavy atom. The molecule has 0 spiro atoms. The second-order valence-electron chi connectivity index (χ2n) is 7.42. The van der Waals surface area contributed by atoms with E-state index in [4.69, 9.17) is 9.15 Å². The van der Waals surface area contributed by atoms with Gasteiger partial charge in [-0.25, -0.2) is 0 Å². The number of rotatable bonds is 7. The predicted molar refractivity (Wildman–Crippen MR) is 118 cm³/mol. The van der Waals surface area contributed by atoms with Crippen molar-refractivity contribution in [2.45, 2.75) is 13.0 Å². The van der Waals surface area contributed by atoms with Gasteiger partial charge >= 0.3 is 0 Å². The molecule has 3 amide bonds. The molecular formula is C24H23N3O5. The molecule has 8 nitrogen and oxygen atoms in total. The Morgan fingerprint density at radius 3 is 2.59 bits per heavy atom. The first-order valence-electron chi connectivity index (χ1n) is 10.2. The third-order valence-electron chi connectivity index (χ3n) is 5.30. The largest absolute Gasteiger partial charge is 0.495 e. The van der Waals surface area contributed by atoms with Crippen molar-refractivity contribution < 1.29 is 23.5 Å². The summed E-state index contributed by atoms with van der Waals surface area (Å²) in [5.41, 5.74) is 2.16. The molecule has 0 bridgehead atoms. The Morgan fingerprint density at radius 2 is 1.88 bits per heavy atom. The van der Waals surface area contributed by atoms with E-state index in [0.29, 0.717) is 30.2 Å². The molecule has 0 saturated carbocycles. The molecule has 1 aliphatic rings. The Kier molecular flexibility index (Phi) is 6.21. The molecule has 2 N–H and O–H groups in total. The normalized spacial score (nSPS) is 15.5. The molecule has 0 aliphatic carbocycles. The third-order valence-corrected chi connectivity index (χ3v) is 5.30. The maximum Gasteiger partial charge on any atom is 0.291 e. The van der Waals surface area contributed by atoms with Crippen LogP contribution < -0.4 is 20.3 Å². The molecule has 32 heavy (non-hydrogen) atoms. The summed E-state index contributed by atoms with van der Waals surface area (Å²) < 4.78 is 10.4. The number of hydrogen-bond acceptors (Lipinski definition) is 5. The average molecular weight is 433 g/mol. The molecule has 1 atom stereocenters. The first kappa shape index (κ1) is 21.2. The van der Waals surface area contributed by atoms with Crippen LogP contribution in [0.15, 0.2) is 71.3 Å². The first-order valence-corrected chi connectivity index (χ1v) is 10.2. The van der Waals surface area contributed by atoms with Crippen molar-refractivity contribution in [3.05, 3.63) is 78.3 Å². The van der Waals surface area contributed by atoms with Crippen LogP contribution in [0.1, 0.15) is 22.5 Å². The van der Waals surface area contributed by atoms with Gasteiger partial charge in [0.2, 0.25) is 11.8 Å². The van der Waals surface area contributed by atoms with E-state index in [1.54, 1.807) is 42.3 Å². The SMILES string of the molecule is COc1ccccc1N1CC(C(=O)NCc2ccc(NC(=O)c3ccco3)cc2)CC1=O. The topological polar surface area (TPSA) is 101 Å². The fourth-order valence-electron chi connectivity index (χ4n) is 3.61. The van der Waals surface area contributed by atoms with Crippen molar-refractivity contribution in [3.8, 4) is 5.75 Å². The lowest BCUT2D eigenvalue weighted by atomic mass is 10.1. The van der Waals surface area contributed by atoms with E-state index in [2.05, 4.69) is 10.6 Å². The zero-order valence-corrected chi connectivity index (χ0v) is 17.5. The van der Waals surface area contributed by atoms with E-state index in [9.17, 15) is 14.4 Å². The number of anilines is 2. The fraction of sp³-hybridized carbons (Fsp3) is 0.208. The average Bonchev–Trinajstić information content (AvgIpc) is 3.48. The van der Waals surface area contributed by atoms with Crippen molar-refractivity contribution in [2.75, 3.05) is 23.9 Å². The number of carbonyl (C=O) groups excluding carboxylic acids is 3. The summed E-state index contributed by atoms with van der Waals surface area (Å²) in [4.78, 5) is 38.8. The lowest BCUT2D eigenvalue weighted by Crippen LogP contribution is -2.32. The van der Waals surface area contributed by atoms with E-state index in [1.165, 1.54) is 6.26 Å². The van der Waals surface area contributed by atoms with Crippen LogP contribution in [0.5, 0.6) is 5.75 Å². The predicted octanol–water partition coefficient (Wildman–Crippen LogP) is 3.21. The number of nitrogens with one attached hydrogen (secondary N) is 2. The van der Waals surface area contributed by atoms with Gasteiger partial charge in [-0.05, 0) is 42.0 Å². The van der Waals surface area contributed by atoms with Crippen molar-refractivity contribution in [3.63, 3.8) is 0 Å². The number of benzene rings is 2. The summed E-state index contributed by atoms with van der Waals surface area (Å²) in [5, 5.41) is 5.64. The molecule has 0 radical (unpaired) electrons. The number of hydrogen-bond donors (Lipinski definition) is 2. The smallest absolute Gasteiger partial charge is 0.291 e. The molecule has 8 heteroatoms. The van der Waals surface area contributed by atoms with Crippen LogP contribution >= 0.6 is 0 Å². The number of para-hydroxylation sites is 2. The van der Waals surface area contributed by atoms with E-state index < -0.39 is 5.92 Å². The van der Waals surface area contributed by atoms with Crippen LogP contribution in [0.4, 0.5) is 11.4 Å². The van der Waals surface area contributed by atoms with Gasteiger partial charge in [0.1, 0.15) is 5.75 Å². The summed E-state index contributed by atoms with van der Waals surface area (Å²) in [5.74, 6) is -0.214. The molecule has 1 fully saturated rings. The van der Waals surface area contributed by atoms with Gasteiger partial charge in [0.05, 0.1) is 25.0 Å². The maximum absolute atomic E-state index is 12.7. The Balaban J connectivity index is 1.31. The molecule has 2 heterocycles. The fourth-order valence-corrected chi connectivity index (χ4v) is 3.61. The molecule has 4 rings (SSSR count). The number of nitrogens with zero attached hydrogens (tertiary/aromatic N) is 1. The summed E-state index contributed by atoms with van der Waals surface area (Å²) in [6.45, 7) is 0.632. The molecule has 1 saturated heterocycles. The highest BCUT2D eigenvalue weighted by Crippen LogP contribution is 2.32. The highest BCUT2D eigenvalue weighted by Gasteiger charge is 2.36. The van der Waals surface area contributed by atoms with Gasteiger partial charge in [0.15, 0.2) is 5.76 Å². The molecule has 1 unspecified atom stereocenters. The lowest BCUT2D eigenvalue weighted by molar-refractivity contribution is -0.126. The summed E-state index contributed by atoms with van der Waals surface area (Å²) >= 11 is 0. The highest BCUT2D eigenvalue weighted by molar-refractivity contribution is 6.02. The zero-order valence-electron chi connectivity index (χ0n) is 17.5. The molecular weight excluding hydrogens is 410 g/mol. The van der Waals surface area contributed by atoms with Gasteiger partial charge < -0.3 is 24.7 Å². The zero-order chi connectivity index (χ0) is 22.5. The Labute approximate surface area is 185 Å². The molecule has 1 aliphatic heterocycles. The first-order chi connectivity index (χ1) is 15.5. The van der Waals surface area contributed by atoms with E-state index >= 15 is 0 Å². The lowest BCUT2D eigenvalue weighted by Gasteiger charge is -2.19. The molecule has 2 aromatic carbocycles. The number of methoxy groups -OCH3 is 1. The monoisotopic (exact) mass is 433 g/mol. The van der Waals surface area contributed by atoms with Crippen LogP contribution in [-0.4, -0.2) is 31.4 Å². The maximum atomic E-state index is 12.7. The van der Waals surface area contributed by atoms with E-state index in [1.807, 2.05) is 30.3 Å². The van der Waals surface area contributed by atoms with Gasteiger partial charge in [-0.3, -0.25) is 14.4 Å². The van der Waals surface area contributed by atoms with E-state index in [0.717, 1.165) is 5.56 Å². The Hall–Kier alpha value is -4.07. The minimum atomic E-state index is -0.431. The summed E-state index contributed by atoms with van der Waals surface area (Å²) in [6, 6.07) is 17.6. The quantitative estimate of drug-likeness (QED) is 0.596. The van der Waals surface area contributed by atoms with Crippen molar-refractivity contribution in [1.29, 1.82) is 0 Å². The minimum Gasteiger partial charge on any atom is -0.495 e. The van der Waals surface area contributed by atoms with Crippen molar-refractivity contribution in [2.24, 2.45) is 5.92 Å². The summed E-state index contributed by atoms with van der Waals surface area (Å²) in [7, 11) is 1.55. The minimum absolute atomic E-state index is 0.105. The standard InChI is InChI=1S/C24H23N3O5/c1-31-20-6-3-2-5-19(20)27-15-17(13-22(27)28)23(29)25-14-16-8-10-18(11-9-16)26-24(30)21-7-4-12-32-21/h2-12,17H,13-15H2,1H3,(H,25,29)(H,26,30). The van der Waals surface area contributed by atoms with Gasteiger partial charge in [0.25, 0.3) is 5.91 Å². The third kappa shape index (κ3) is 4.64. The van der Waals surface area contributed by atoms with E-state index in [-0.39, 0.29) is 29.9 Å². The van der Waals surface area contributed by atoms with Gasteiger partial charge in [-0.2, -0.15) is 0 Å². The molecule has 164 valence electrons. The molecule has 3 aromatic rings. The highest BCUT2D eigenvalue weighted by atomic mass is 16.5. The van der Waals surface area contributed by atoms with Crippen molar-refractivity contribution in [1.82, 2.24) is 5.32 Å². The van der Waals surface area contributed by atoms with Crippen LogP contribution in [0.25, 0.3) is 0 Å². The number of carbonyl (C=O) groups is 3. The Bertz CT molecular complexity index is 1110. The van der Waals surface area contributed by atoms with Crippen LogP contribution in [0.3, 0.4) is 0 Å². The van der Waals surface area contributed by atoms with Gasteiger partial charge in [-0.1, -0.05) is 24.3 Å². The van der Waals surface area contributed by atoms with Gasteiger partial charge in [-0.15, -0.1) is 0 Å². The number of furan rings is 1. The number of ether oxygens (including phenoxy) is 1. The summed E-state index contributed by atoms with van der Waals surface area (Å²) in [6.07, 6.45) is 1.59. The second-order valence-corrected chi connectivity index (χ2v) is 7.42.